The average molecular weight is 299 g/mol. The molecule has 1 aromatic rings. The van der Waals surface area contributed by atoms with E-state index in [2.05, 4.69) is 21.2 Å². The van der Waals surface area contributed by atoms with Crippen molar-refractivity contribution in [3.63, 3.8) is 0 Å². The maximum atomic E-state index is 11.7. The SMILES string of the molecule is O=C(O)N[C@H]1CC(=O)N(c2ccc(Br)cc2)C1. The third kappa shape index (κ3) is 2.76. The van der Waals surface area contributed by atoms with Crippen molar-refractivity contribution in [2.24, 2.45) is 0 Å². The molecule has 1 aliphatic rings. The summed E-state index contributed by atoms with van der Waals surface area (Å²) in [6.45, 7) is 0.382. The molecule has 0 aliphatic carbocycles. The zero-order chi connectivity index (χ0) is 12.4. The number of carboxylic acid groups (broad SMARTS) is 1. The van der Waals surface area contributed by atoms with Gasteiger partial charge in [-0.25, -0.2) is 4.79 Å². The van der Waals surface area contributed by atoms with Gasteiger partial charge in [0.05, 0.1) is 6.04 Å². The first-order valence-electron chi connectivity index (χ1n) is 5.11. The van der Waals surface area contributed by atoms with Gasteiger partial charge in [0.15, 0.2) is 0 Å². The summed E-state index contributed by atoms with van der Waals surface area (Å²) in [6.07, 6.45) is -0.886. The standard InChI is InChI=1S/C11H11BrN2O3/c12-7-1-3-9(4-2-7)14-6-8(5-10(14)15)13-11(16)17/h1-4,8,13H,5-6H2,(H,16,17)/t8-/m0/s1. The zero-order valence-electron chi connectivity index (χ0n) is 8.89. The summed E-state index contributed by atoms with van der Waals surface area (Å²) < 4.78 is 0.938. The van der Waals surface area contributed by atoms with Gasteiger partial charge < -0.3 is 15.3 Å². The monoisotopic (exact) mass is 298 g/mol. The van der Waals surface area contributed by atoms with E-state index in [1.54, 1.807) is 4.90 Å². The summed E-state index contributed by atoms with van der Waals surface area (Å²) in [6, 6.07) is 7.01. The van der Waals surface area contributed by atoms with Crippen molar-refractivity contribution < 1.29 is 14.7 Å². The van der Waals surface area contributed by atoms with Crippen molar-refractivity contribution >= 4 is 33.6 Å². The van der Waals surface area contributed by atoms with E-state index in [9.17, 15) is 9.59 Å². The number of amides is 2. The molecular formula is C11H11BrN2O3. The predicted octanol–water partition coefficient (Wildman–Crippen LogP) is 1.82. The molecule has 2 N–H and O–H groups in total. The maximum absolute atomic E-state index is 11.7. The van der Waals surface area contributed by atoms with Crippen molar-refractivity contribution in [2.45, 2.75) is 12.5 Å². The summed E-state index contributed by atoms with van der Waals surface area (Å²) in [5, 5.41) is 10.9. The second-order valence-corrected chi connectivity index (χ2v) is 4.75. The number of carbonyl (C=O) groups excluding carboxylic acids is 1. The van der Waals surface area contributed by atoms with Crippen LogP contribution < -0.4 is 10.2 Å². The van der Waals surface area contributed by atoms with Crippen molar-refractivity contribution in [2.75, 3.05) is 11.4 Å². The van der Waals surface area contributed by atoms with Crippen LogP contribution in [0.15, 0.2) is 28.7 Å². The van der Waals surface area contributed by atoms with Gasteiger partial charge in [-0.1, -0.05) is 15.9 Å². The molecule has 1 aliphatic heterocycles. The Kier molecular flexibility index (Phi) is 3.33. The molecule has 0 unspecified atom stereocenters. The Morgan fingerprint density at radius 3 is 2.65 bits per heavy atom. The second-order valence-electron chi connectivity index (χ2n) is 3.83. The zero-order valence-corrected chi connectivity index (χ0v) is 10.5. The van der Waals surface area contributed by atoms with Gasteiger partial charge in [0, 0.05) is 23.1 Å². The van der Waals surface area contributed by atoms with E-state index < -0.39 is 6.09 Å². The van der Waals surface area contributed by atoms with Gasteiger partial charge in [-0.3, -0.25) is 4.79 Å². The molecule has 90 valence electrons. The molecular weight excluding hydrogens is 288 g/mol. The van der Waals surface area contributed by atoms with Crippen LogP contribution in [0.25, 0.3) is 0 Å². The van der Waals surface area contributed by atoms with Crippen LogP contribution >= 0.6 is 15.9 Å². The highest BCUT2D eigenvalue weighted by Crippen LogP contribution is 2.23. The van der Waals surface area contributed by atoms with Crippen LogP contribution in [0.3, 0.4) is 0 Å². The third-order valence-electron chi connectivity index (χ3n) is 2.59. The number of nitrogens with one attached hydrogen (secondary N) is 1. The van der Waals surface area contributed by atoms with Crippen LogP contribution in [0.5, 0.6) is 0 Å². The Labute approximate surface area is 107 Å². The minimum absolute atomic E-state index is 0.0638. The van der Waals surface area contributed by atoms with Gasteiger partial charge in [-0.15, -0.1) is 0 Å². The van der Waals surface area contributed by atoms with E-state index in [0.717, 1.165) is 10.2 Å². The number of nitrogens with zero attached hydrogens (tertiary/aromatic N) is 1. The normalized spacial score (nSPS) is 19.5. The fourth-order valence-corrected chi connectivity index (χ4v) is 2.11. The topological polar surface area (TPSA) is 69.6 Å². The Morgan fingerprint density at radius 2 is 2.06 bits per heavy atom. The highest BCUT2D eigenvalue weighted by Gasteiger charge is 2.31. The molecule has 17 heavy (non-hydrogen) atoms. The van der Waals surface area contributed by atoms with Crippen LogP contribution in [-0.2, 0) is 4.79 Å². The molecule has 0 spiro atoms. The first-order chi connectivity index (χ1) is 8.06. The number of anilines is 1. The number of halogens is 1. The van der Waals surface area contributed by atoms with Gasteiger partial charge in [0.2, 0.25) is 5.91 Å². The number of hydrogen-bond donors (Lipinski definition) is 2. The van der Waals surface area contributed by atoms with Crippen LogP contribution in [-0.4, -0.2) is 29.7 Å². The highest BCUT2D eigenvalue weighted by atomic mass is 79.9. The Morgan fingerprint density at radius 1 is 1.41 bits per heavy atom. The van der Waals surface area contributed by atoms with E-state index in [-0.39, 0.29) is 18.4 Å². The fraction of sp³-hybridized carbons (Fsp3) is 0.273. The van der Waals surface area contributed by atoms with Crippen molar-refractivity contribution in [1.82, 2.24) is 5.32 Å². The van der Waals surface area contributed by atoms with Crippen LogP contribution in [0.1, 0.15) is 6.42 Å². The number of hydrogen-bond acceptors (Lipinski definition) is 2. The number of benzene rings is 1. The first kappa shape index (κ1) is 11.9. The average Bonchev–Trinajstić information content (AvgIpc) is 2.59. The largest absolute Gasteiger partial charge is 0.465 e. The smallest absolute Gasteiger partial charge is 0.404 e. The van der Waals surface area contributed by atoms with Gasteiger partial charge >= 0.3 is 6.09 Å². The molecule has 1 heterocycles. The molecule has 0 bridgehead atoms. The number of carbonyl (C=O) groups is 2. The molecule has 1 aromatic carbocycles. The van der Waals surface area contributed by atoms with E-state index in [4.69, 9.17) is 5.11 Å². The van der Waals surface area contributed by atoms with E-state index in [0.29, 0.717) is 6.54 Å². The molecule has 0 radical (unpaired) electrons. The van der Waals surface area contributed by atoms with Crippen LogP contribution in [0.2, 0.25) is 0 Å². The minimum Gasteiger partial charge on any atom is -0.465 e. The lowest BCUT2D eigenvalue weighted by Crippen LogP contribution is -2.36. The minimum atomic E-state index is -1.10. The summed E-state index contributed by atoms with van der Waals surface area (Å²) in [4.78, 5) is 23.8. The van der Waals surface area contributed by atoms with Gasteiger partial charge in [0.25, 0.3) is 0 Å². The van der Waals surface area contributed by atoms with Crippen molar-refractivity contribution in [3.8, 4) is 0 Å². The summed E-state index contributed by atoms with van der Waals surface area (Å²) in [5.74, 6) is -0.0638. The Bertz CT molecular complexity index is 447. The van der Waals surface area contributed by atoms with Crippen LogP contribution in [0.4, 0.5) is 10.5 Å². The summed E-state index contributed by atoms with van der Waals surface area (Å²) in [5.41, 5.74) is 0.785. The maximum Gasteiger partial charge on any atom is 0.404 e. The van der Waals surface area contributed by atoms with Crippen molar-refractivity contribution in [1.29, 1.82) is 0 Å². The van der Waals surface area contributed by atoms with E-state index in [1.807, 2.05) is 24.3 Å². The highest BCUT2D eigenvalue weighted by molar-refractivity contribution is 9.10. The predicted molar refractivity (Wildman–Crippen MR) is 66.1 cm³/mol. The third-order valence-corrected chi connectivity index (χ3v) is 3.12. The van der Waals surface area contributed by atoms with Gasteiger partial charge in [-0.2, -0.15) is 0 Å². The van der Waals surface area contributed by atoms with Crippen LogP contribution in [0, 0.1) is 0 Å². The quantitative estimate of drug-likeness (QED) is 0.875. The Hall–Kier alpha value is -1.56. The summed E-state index contributed by atoms with van der Waals surface area (Å²) >= 11 is 3.32. The molecule has 1 saturated heterocycles. The molecule has 0 aromatic heterocycles. The Balaban J connectivity index is 2.10. The molecule has 5 nitrogen and oxygen atoms in total. The van der Waals surface area contributed by atoms with E-state index in [1.165, 1.54) is 0 Å². The molecule has 2 amide bonds. The molecule has 6 heteroatoms. The first-order valence-corrected chi connectivity index (χ1v) is 5.91. The number of rotatable bonds is 2. The van der Waals surface area contributed by atoms with Crippen molar-refractivity contribution in [3.05, 3.63) is 28.7 Å². The van der Waals surface area contributed by atoms with Gasteiger partial charge in [-0.05, 0) is 24.3 Å². The summed E-state index contributed by atoms with van der Waals surface area (Å²) in [7, 11) is 0. The molecule has 1 atom stereocenters. The fourth-order valence-electron chi connectivity index (χ4n) is 1.85. The second kappa shape index (κ2) is 4.75. The lowest BCUT2D eigenvalue weighted by molar-refractivity contribution is -0.117. The van der Waals surface area contributed by atoms with E-state index >= 15 is 0 Å². The molecule has 2 rings (SSSR count). The molecule has 0 saturated carbocycles. The lowest BCUT2D eigenvalue weighted by Gasteiger charge is -2.16. The lowest BCUT2D eigenvalue weighted by atomic mass is 10.3. The molecule has 1 fully saturated rings. The van der Waals surface area contributed by atoms with Gasteiger partial charge in [0.1, 0.15) is 0 Å².